The zero-order valence-corrected chi connectivity index (χ0v) is 12.5. The van der Waals surface area contributed by atoms with Crippen molar-refractivity contribution in [2.45, 2.75) is 29.7 Å². The predicted molar refractivity (Wildman–Crippen MR) is 78.9 cm³/mol. The van der Waals surface area contributed by atoms with Gasteiger partial charge < -0.3 is 9.84 Å². The van der Waals surface area contributed by atoms with E-state index in [1.807, 2.05) is 24.3 Å². The lowest BCUT2D eigenvalue weighted by Crippen LogP contribution is -1.97. The van der Waals surface area contributed by atoms with Gasteiger partial charge in [0.25, 0.3) is 0 Å². The number of aliphatic hydroxyl groups excluding tert-OH is 1. The lowest BCUT2D eigenvalue weighted by Gasteiger charge is -2.14. The highest BCUT2D eigenvalue weighted by Crippen LogP contribution is 2.39. The van der Waals surface area contributed by atoms with Crippen LogP contribution in [-0.2, 0) is 0 Å². The molecule has 0 spiro atoms. The van der Waals surface area contributed by atoms with E-state index in [4.69, 9.17) is 4.74 Å². The Bertz CT molecular complexity index is 611. The topological polar surface area (TPSA) is 29.5 Å². The molecule has 0 aliphatic rings. The van der Waals surface area contributed by atoms with Gasteiger partial charge in [0.05, 0.1) is 18.1 Å². The van der Waals surface area contributed by atoms with Gasteiger partial charge in [-0.3, -0.25) is 0 Å². The van der Waals surface area contributed by atoms with Crippen LogP contribution in [0.4, 0.5) is 4.39 Å². The monoisotopic (exact) mass is 292 g/mol. The number of hydrogen-bond donors (Lipinski definition) is 1. The van der Waals surface area contributed by atoms with Crippen LogP contribution >= 0.6 is 11.8 Å². The molecule has 0 aliphatic carbocycles. The smallest absolute Gasteiger partial charge is 0.132 e. The van der Waals surface area contributed by atoms with Gasteiger partial charge in [0, 0.05) is 4.90 Å². The van der Waals surface area contributed by atoms with E-state index in [9.17, 15) is 9.50 Å². The molecule has 1 unspecified atom stereocenters. The van der Waals surface area contributed by atoms with Gasteiger partial charge in [-0.15, -0.1) is 0 Å². The quantitative estimate of drug-likeness (QED) is 0.908. The standard InChI is InChI=1S/C16H17FO2S/c1-10-8-16(12(11(2)18)9-13(10)17)20-15-7-5-4-6-14(15)19-3/h4-9,11,18H,1-3H3. The van der Waals surface area contributed by atoms with E-state index in [1.54, 1.807) is 27.0 Å². The number of methoxy groups -OCH3 is 1. The molecule has 0 amide bonds. The summed E-state index contributed by atoms with van der Waals surface area (Å²) in [6.45, 7) is 3.35. The van der Waals surface area contributed by atoms with Crippen molar-refractivity contribution in [1.29, 1.82) is 0 Å². The Balaban J connectivity index is 2.45. The summed E-state index contributed by atoms with van der Waals surface area (Å²) in [5, 5.41) is 9.81. The second kappa shape index (κ2) is 6.29. The van der Waals surface area contributed by atoms with E-state index in [2.05, 4.69) is 0 Å². The van der Waals surface area contributed by atoms with Crippen LogP contribution in [0, 0.1) is 12.7 Å². The number of benzene rings is 2. The third-order valence-corrected chi connectivity index (χ3v) is 4.16. The van der Waals surface area contributed by atoms with Crippen molar-refractivity contribution >= 4 is 11.8 Å². The Morgan fingerprint density at radius 2 is 1.90 bits per heavy atom. The highest BCUT2D eigenvalue weighted by atomic mass is 32.2. The molecule has 20 heavy (non-hydrogen) atoms. The zero-order chi connectivity index (χ0) is 14.7. The SMILES string of the molecule is COc1ccccc1Sc1cc(C)c(F)cc1C(C)O. The molecule has 0 heterocycles. The fraction of sp³-hybridized carbons (Fsp3) is 0.250. The molecule has 0 aromatic heterocycles. The molecule has 2 nitrogen and oxygen atoms in total. The van der Waals surface area contributed by atoms with Gasteiger partial charge in [-0.1, -0.05) is 23.9 Å². The molecule has 1 atom stereocenters. The van der Waals surface area contributed by atoms with Crippen molar-refractivity contribution in [3.8, 4) is 5.75 Å². The highest BCUT2D eigenvalue weighted by molar-refractivity contribution is 7.99. The minimum absolute atomic E-state index is 0.301. The number of rotatable bonds is 4. The van der Waals surface area contributed by atoms with Crippen molar-refractivity contribution in [2.24, 2.45) is 0 Å². The van der Waals surface area contributed by atoms with Crippen LogP contribution in [0.1, 0.15) is 24.2 Å². The van der Waals surface area contributed by atoms with Crippen LogP contribution in [0.5, 0.6) is 5.75 Å². The van der Waals surface area contributed by atoms with Crippen LogP contribution in [0.2, 0.25) is 0 Å². The molecule has 0 aliphatic heterocycles. The third-order valence-electron chi connectivity index (χ3n) is 3.03. The first-order chi connectivity index (χ1) is 9.52. The van der Waals surface area contributed by atoms with Crippen LogP contribution < -0.4 is 4.74 Å². The van der Waals surface area contributed by atoms with Crippen molar-refractivity contribution in [3.63, 3.8) is 0 Å². The molecule has 2 aromatic carbocycles. The fourth-order valence-electron chi connectivity index (χ4n) is 1.91. The molecule has 2 rings (SSSR count). The first kappa shape index (κ1) is 14.9. The average molecular weight is 292 g/mol. The van der Waals surface area contributed by atoms with Crippen molar-refractivity contribution in [3.05, 3.63) is 53.3 Å². The summed E-state index contributed by atoms with van der Waals surface area (Å²) in [7, 11) is 1.62. The average Bonchev–Trinajstić information content (AvgIpc) is 2.43. The Kier molecular flexibility index (Phi) is 4.68. The normalized spacial score (nSPS) is 12.2. The van der Waals surface area contributed by atoms with Gasteiger partial charge in [0.2, 0.25) is 0 Å². The molecular weight excluding hydrogens is 275 g/mol. The minimum atomic E-state index is -0.720. The zero-order valence-electron chi connectivity index (χ0n) is 11.7. The van der Waals surface area contributed by atoms with Crippen molar-refractivity contribution in [2.75, 3.05) is 7.11 Å². The van der Waals surface area contributed by atoms with Crippen LogP contribution in [-0.4, -0.2) is 12.2 Å². The minimum Gasteiger partial charge on any atom is -0.496 e. The highest BCUT2D eigenvalue weighted by Gasteiger charge is 2.14. The molecule has 1 N–H and O–H groups in total. The Hall–Kier alpha value is -1.52. The summed E-state index contributed by atoms with van der Waals surface area (Å²) in [5.74, 6) is 0.460. The lowest BCUT2D eigenvalue weighted by molar-refractivity contribution is 0.196. The predicted octanol–water partition coefficient (Wildman–Crippen LogP) is 4.35. The molecule has 4 heteroatoms. The number of hydrogen-bond acceptors (Lipinski definition) is 3. The van der Waals surface area contributed by atoms with Gasteiger partial charge in [-0.2, -0.15) is 0 Å². The van der Waals surface area contributed by atoms with Gasteiger partial charge in [-0.05, 0) is 49.2 Å². The van der Waals surface area contributed by atoms with Crippen LogP contribution in [0.15, 0.2) is 46.2 Å². The summed E-state index contributed by atoms with van der Waals surface area (Å²) in [6.07, 6.45) is -0.720. The van der Waals surface area contributed by atoms with Crippen molar-refractivity contribution in [1.82, 2.24) is 0 Å². The number of aryl methyl sites for hydroxylation is 1. The number of para-hydroxylation sites is 1. The van der Waals surface area contributed by atoms with Gasteiger partial charge in [0.15, 0.2) is 0 Å². The van der Waals surface area contributed by atoms with E-state index >= 15 is 0 Å². The maximum absolute atomic E-state index is 13.7. The van der Waals surface area contributed by atoms with Crippen molar-refractivity contribution < 1.29 is 14.2 Å². The summed E-state index contributed by atoms with van der Waals surface area (Å²) < 4.78 is 19.0. The number of aliphatic hydroxyl groups is 1. The Morgan fingerprint density at radius 1 is 1.20 bits per heavy atom. The summed E-state index contributed by atoms with van der Waals surface area (Å²) in [4.78, 5) is 1.77. The lowest BCUT2D eigenvalue weighted by atomic mass is 10.1. The summed E-state index contributed by atoms with van der Waals surface area (Å²) >= 11 is 1.46. The Morgan fingerprint density at radius 3 is 2.55 bits per heavy atom. The molecular formula is C16H17FO2S. The summed E-state index contributed by atoms with van der Waals surface area (Å²) in [6, 6.07) is 10.8. The first-order valence-corrected chi connectivity index (χ1v) is 7.13. The van der Waals surface area contributed by atoms with Gasteiger partial charge >= 0.3 is 0 Å². The number of ether oxygens (including phenoxy) is 1. The second-order valence-corrected chi connectivity index (χ2v) is 5.65. The molecule has 106 valence electrons. The maximum Gasteiger partial charge on any atom is 0.132 e. The molecule has 0 saturated carbocycles. The van der Waals surface area contributed by atoms with E-state index in [-0.39, 0.29) is 5.82 Å². The Labute approximate surface area is 122 Å². The molecule has 0 saturated heterocycles. The van der Waals surface area contributed by atoms with Gasteiger partial charge in [-0.25, -0.2) is 4.39 Å². The van der Waals surface area contributed by atoms with E-state index in [0.29, 0.717) is 11.1 Å². The third kappa shape index (κ3) is 3.14. The molecule has 0 fully saturated rings. The summed E-state index contributed by atoms with van der Waals surface area (Å²) in [5.41, 5.74) is 1.15. The molecule has 0 radical (unpaired) electrons. The van der Waals surface area contributed by atoms with E-state index in [1.165, 1.54) is 17.8 Å². The van der Waals surface area contributed by atoms with Gasteiger partial charge in [0.1, 0.15) is 11.6 Å². The molecule has 0 bridgehead atoms. The second-order valence-electron chi connectivity index (χ2n) is 4.57. The fourth-order valence-corrected chi connectivity index (χ4v) is 3.13. The van der Waals surface area contributed by atoms with E-state index in [0.717, 1.165) is 15.5 Å². The largest absolute Gasteiger partial charge is 0.496 e. The van der Waals surface area contributed by atoms with Crippen LogP contribution in [0.25, 0.3) is 0 Å². The maximum atomic E-state index is 13.7. The molecule has 2 aromatic rings. The van der Waals surface area contributed by atoms with E-state index < -0.39 is 6.10 Å². The first-order valence-electron chi connectivity index (χ1n) is 6.32. The van der Waals surface area contributed by atoms with Crippen LogP contribution in [0.3, 0.4) is 0 Å². The number of halogens is 1.